The number of hydrogen-bond donors (Lipinski definition) is 1. The summed E-state index contributed by atoms with van der Waals surface area (Å²) in [4.78, 5) is 9.86. The first-order valence-corrected chi connectivity index (χ1v) is 3.52. The largest absolute Gasteiger partial charge is 0.496 e. The van der Waals surface area contributed by atoms with E-state index >= 15 is 0 Å². The average molecular weight is 180 g/mol. The Morgan fingerprint density at radius 1 is 1.62 bits per heavy atom. The Balaban J connectivity index is 3.20. The van der Waals surface area contributed by atoms with Crippen molar-refractivity contribution < 1.29 is 9.66 Å². The van der Waals surface area contributed by atoms with Crippen LogP contribution in [0.15, 0.2) is 18.2 Å². The maximum atomic E-state index is 10.4. The number of ether oxygens (including phenoxy) is 1. The van der Waals surface area contributed by atoms with Gasteiger partial charge in [-0.05, 0) is 6.07 Å². The van der Waals surface area contributed by atoms with Crippen molar-refractivity contribution in [3.63, 3.8) is 0 Å². The summed E-state index contributed by atoms with van der Waals surface area (Å²) in [5.74, 6) is 0.337. The second kappa shape index (κ2) is 3.66. The van der Waals surface area contributed by atoms with Gasteiger partial charge in [-0.15, -0.1) is 0 Å². The van der Waals surface area contributed by atoms with Crippen LogP contribution < -0.4 is 4.74 Å². The summed E-state index contributed by atoms with van der Waals surface area (Å²) >= 11 is 0. The molecule has 0 fully saturated rings. The number of hydrogen-bond acceptors (Lipinski definition) is 4. The molecule has 68 valence electrons. The van der Waals surface area contributed by atoms with Gasteiger partial charge in [-0.25, -0.2) is 0 Å². The zero-order valence-electron chi connectivity index (χ0n) is 6.98. The fourth-order valence-electron chi connectivity index (χ4n) is 0.933. The Labute approximate surface area is 74.6 Å². The van der Waals surface area contributed by atoms with E-state index in [0.29, 0.717) is 11.3 Å². The number of non-ortho nitro benzene ring substituents is 1. The van der Waals surface area contributed by atoms with Crippen molar-refractivity contribution in [2.24, 2.45) is 0 Å². The van der Waals surface area contributed by atoms with Crippen molar-refractivity contribution in [3.8, 4) is 5.75 Å². The second-order valence-corrected chi connectivity index (χ2v) is 2.33. The molecule has 0 unspecified atom stereocenters. The minimum Gasteiger partial charge on any atom is -0.496 e. The van der Waals surface area contributed by atoms with E-state index in [2.05, 4.69) is 0 Å². The van der Waals surface area contributed by atoms with Crippen LogP contribution in [-0.2, 0) is 0 Å². The number of methoxy groups -OCH3 is 1. The summed E-state index contributed by atoms with van der Waals surface area (Å²) in [6.45, 7) is 0. The zero-order valence-corrected chi connectivity index (χ0v) is 6.98. The number of nitrogens with zero attached hydrogens (tertiary/aromatic N) is 1. The highest BCUT2D eigenvalue weighted by atomic mass is 16.6. The Hall–Kier alpha value is -1.91. The molecule has 0 aliphatic heterocycles. The van der Waals surface area contributed by atoms with Gasteiger partial charge in [-0.1, -0.05) is 0 Å². The van der Waals surface area contributed by atoms with Gasteiger partial charge >= 0.3 is 0 Å². The molecule has 0 heterocycles. The third-order valence-electron chi connectivity index (χ3n) is 1.58. The smallest absolute Gasteiger partial charge is 0.273 e. The average Bonchev–Trinajstić information content (AvgIpc) is 2.16. The lowest BCUT2D eigenvalue weighted by atomic mass is 10.2. The molecule has 0 aliphatic carbocycles. The number of benzene rings is 1. The lowest BCUT2D eigenvalue weighted by Crippen LogP contribution is -1.93. The molecule has 0 spiro atoms. The van der Waals surface area contributed by atoms with E-state index in [-0.39, 0.29) is 5.69 Å². The maximum Gasteiger partial charge on any atom is 0.273 e. The molecule has 0 atom stereocenters. The molecule has 1 rings (SSSR count). The van der Waals surface area contributed by atoms with Crippen LogP contribution in [0.1, 0.15) is 5.56 Å². The van der Waals surface area contributed by atoms with Gasteiger partial charge < -0.3 is 10.1 Å². The van der Waals surface area contributed by atoms with E-state index in [1.54, 1.807) is 0 Å². The zero-order chi connectivity index (χ0) is 9.84. The molecule has 0 radical (unpaired) electrons. The van der Waals surface area contributed by atoms with Crippen LogP contribution in [0.2, 0.25) is 0 Å². The Bertz CT molecular complexity index is 349. The molecular formula is C8H8N2O3. The Morgan fingerprint density at radius 2 is 2.31 bits per heavy atom. The summed E-state index contributed by atoms with van der Waals surface area (Å²) in [5, 5.41) is 17.4. The first-order valence-electron chi connectivity index (χ1n) is 3.52. The van der Waals surface area contributed by atoms with Crippen LogP contribution in [0.25, 0.3) is 0 Å². The van der Waals surface area contributed by atoms with Gasteiger partial charge in [0.1, 0.15) is 5.75 Å². The second-order valence-electron chi connectivity index (χ2n) is 2.33. The topological polar surface area (TPSA) is 76.2 Å². The van der Waals surface area contributed by atoms with Gasteiger partial charge in [0.25, 0.3) is 5.69 Å². The molecule has 5 heteroatoms. The highest BCUT2D eigenvalue weighted by molar-refractivity contribution is 5.81. The third-order valence-corrected chi connectivity index (χ3v) is 1.58. The molecule has 1 aromatic carbocycles. The number of rotatable bonds is 3. The van der Waals surface area contributed by atoms with E-state index in [1.807, 2.05) is 0 Å². The van der Waals surface area contributed by atoms with E-state index < -0.39 is 4.92 Å². The standard InChI is InChI=1S/C8H8N2O3/c1-13-8-4-7(10(11)12)3-2-6(8)5-9/h2-5,9H,1H3. The number of nitro benzene ring substituents is 1. The van der Waals surface area contributed by atoms with Crippen molar-refractivity contribution in [3.05, 3.63) is 33.9 Å². The fraction of sp³-hybridized carbons (Fsp3) is 0.125. The normalized spacial score (nSPS) is 9.31. The van der Waals surface area contributed by atoms with Crippen LogP contribution in [0, 0.1) is 15.5 Å². The van der Waals surface area contributed by atoms with Crippen molar-refractivity contribution in [2.75, 3.05) is 7.11 Å². The number of nitro groups is 1. The first kappa shape index (κ1) is 9.18. The molecule has 1 aromatic rings. The Morgan fingerprint density at radius 3 is 2.77 bits per heavy atom. The molecule has 0 saturated carbocycles. The van der Waals surface area contributed by atoms with Crippen LogP contribution in [0.3, 0.4) is 0 Å². The molecular weight excluding hydrogens is 172 g/mol. The van der Waals surface area contributed by atoms with Crippen LogP contribution in [-0.4, -0.2) is 18.2 Å². The quantitative estimate of drug-likeness (QED) is 0.436. The maximum absolute atomic E-state index is 10.4. The van der Waals surface area contributed by atoms with Gasteiger partial charge in [0.05, 0.1) is 18.1 Å². The first-order chi connectivity index (χ1) is 6.19. The number of nitrogens with one attached hydrogen (secondary N) is 1. The summed E-state index contributed by atoms with van der Waals surface area (Å²) in [7, 11) is 1.41. The van der Waals surface area contributed by atoms with E-state index in [9.17, 15) is 10.1 Å². The van der Waals surface area contributed by atoms with Crippen LogP contribution in [0.4, 0.5) is 5.69 Å². The van der Waals surface area contributed by atoms with Crippen molar-refractivity contribution in [2.45, 2.75) is 0 Å². The van der Waals surface area contributed by atoms with Gasteiger partial charge in [0.2, 0.25) is 0 Å². The highest BCUT2D eigenvalue weighted by Crippen LogP contribution is 2.22. The van der Waals surface area contributed by atoms with E-state index in [4.69, 9.17) is 10.1 Å². The minimum absolute atomic E-state index is 0.0394. The molecule has 0 aliphatic rings. The van der Waals surface area contributed by atoms with Gasteiger partial charge in [-0.2, -0.15) is 0 Å². The summed E-state index contributed by atoms with van der Waals surface area (Å²) < 4.78 is 4.87. The summed E-state index contributed by atoms with van der Waals surface area (Å²) in [6, 6.07) is 4.10. The molecule has 0 saturated heterocycles. The van der Waals surface area contributed by atoms with Crippen LogP contribution in [0.5, 0.6) is 5.75 Å². The van der Waals surface area contributed by atoms with Crippen molar-refractivity contribution in [1.29, 1.82) is 5.41 Å². The van der Waals surface area contributed by atoms with Gasteiger partial charge in [0, 0.05) is 17.8 Å². The third kappa shape index (κ3) is 1.81. The van der Waals surface area contributed by atoms with Crippen LogP contribution >= 0.6 is 0 Å². The van der Waals surface area contributed by atoms with Gasteiger partial charge in [-0.3, -0.25) is 10.1 Å². The Kier molecular flexibility index (Phi) is 2.59. The fourth-order valence-corrected chi connectivity index (χ4v) is 0.933. The molecule has 0 aromatic heterocycles. The predicted molar refractivity (Wildman–Crippen MR) is 47.5 cm³/mol. The molecule has 0 bridgehead atoms. The van der Waals surface area contributed by atoms with Crippen molar-refractivity contribution in [1.82, 2.24) is 0 Å². The summed E-state index contributed by atoms with van der Waals surface area (Å²) in [5.41, 5.74) is 0.482. The highest BCUT2D eigenvalue weighted by Gasteiger charge is 2.09. The van der Waals surface area contributed by atoms with Gasteiger partial charge in [0.15, 0.2) is 0 Å². The lowest BCUT2D eigenvalue weighted by Gasteiger charge is -2.02. The van der Waals surface area contributed by atoms with E-state index in [1.165, 1.54) is 25.3 Å². The minimum atomic E-state index is -0.504. The lowest BCUT2D eigenvalue weighted by molar-refractivity contribution is -0.384. The van der Waals surface area contributed by atoms with Crippen molar-refractivity contribution >= 4 is 11.9 Å². The monoisotopic (exact) mass is 180 g/mol. The molecule has 5 nitrogen and oxygen atoms in total. The SMILES string of the molecule is COc1cc([N+](=O)[O-])ccc1C=N. The predicted octanol–water partition coefficient (Wildman–Crippen LogP) is 1.60. The molecule has 1 N–H and O–H groups in total. The molecule has 13 heavy (non-hydrogen) atoms. The molecule has 0 amide bonds. The van der Waals surface area contributed by atoms with E-state index in [0.717, 1.165) is 6.21 Å². The summed E-state index contributed by atoms with van der Waals surface area (Å²) in [6.07, 6.45) is 1.09.